The lowest BCUT2D eigenvalue weighted by Gasteiger charge is -2.25. The van der Waals surface area contributed by atoms with Gasteiger partial charge in [-0.1, -0.05) is 144 Å². The third-order valence-corrected chi connectivity index (χ3v) is 11.2. The van der Waals surface area contributed by atoms with Gasteiger partial charge in [-0.3, -0.25) is 9.59 Å². The van der Waals surface area contributed by atoms with Gasteiger partial charge in [0.05, 0.1) is 26.2 Å². The second kappa shape index (κ2) is 30.3. The zero-order valence-corrected chi connectivity index (χ0v) is 34.1. The SMILES string of the molecule is CCCCCCCCCC(=O)OCC(C)(C)CCCCCN(CCO)CCCCCC1(CC(=O)OCCCCC(CCCC)CCCC)CC1. The van der Waals surface area contributed by atoms with Gasteiger partial charge in [0, 0.05) is 13.0 Å². The number of carbonyl (C=O) groups is 2. The number of hydrogen-bond acceptors (Lipinski definition) is 6. The summed E-state index contributed by atoms with van der Waals surface area (Å²) in [5, 5.41) is 9.61. The molecular formula is C44H85NO5. The molecule has 1 N–H and O–H groups in total. The van der Waals surface area contributed by atoms with Gasteiger partial charge in [0.25, 0.3) is 0 Å². The van der Waals surface area contributed by atoms with Gasteiger partial charge in [0.15, 0.2) is 0 Å². The minimum atomic E-state index is -0.0363. The highest BCUT2D eigenvalue weighted by Crippen LogP contribution is 2.53. The Balaban J connectivity index is 2.12. The maximum atomic E-state index is 12.6. The first kappa shape index (κ1) is 46.9. The van der Waals surface area contributed by atoms with Crippen molar-refractivity contribution in [2.24, 2.45) is 16.7 Å². The lowest BCUT2D eigenvalue weighted by molar-refractivity contribution is -0.147. The number of unbranched alkanes of at least 4 members (excludes halogenated alkanes) is 13. The Morgan fingerprint density at radius 3 is 1.86 bits per heavy atom. The largest absolute Gasteiger partial charge is 0.466 e. The monoisotopic (exact) mass is 708 g/mol. The second-order valence-electron chi connectivity index (χ2n) is 16.9. The lowest BCUT2D eigenvalue weighted by Crippen LogP contribution is -2.29. The highest BCUT2D eigenvalue weighted by Gasteiger charge is 2.43. The molecule has 0 aliphatic heterocycles. The topological polar surface area (TPSA) is 76.1 Å². The second-order valence-corrected chi connectivity index (χ2v) is 16.9. The van der Waals surface area contributed by atoms with Gasteiger partial charge in [-0.25, -0.2) is 0 Å². The summed E-state index contributed by atoms with van der Waals surface area (Å²) < 4.78 is 11.3. The van der Waals surface area contributed by atoms with Gasteiger partial charge in [-0.15, -0.1) is 0 Å². The van der Waals surface area contributed by atoms with E-state index in [0.717, 1.165) is 83.3 Å². The number of ether oxygens (including phenoxy) is 2. The number of aliphatic hydroxyl groups is 1. The van der Waals surface area contributed by atoms with Crippen LogP contribution in [0.3, 0.4) is 0 Å². The van der Waals surface area contributed by atoms with Crippen molar-refractivity contribution >= 4 is 11.9 Å². The van der Waals surface area contributed by atoms with E-state index < -0.39 is 0 Å². The molecule has 1 fully saturated rings. The lowest BCUT2D eigenvalue weighted by atomic mass is 9.88. The summed E-state index contributed by atoms with van der Waals surface area (Å²) in [6.07, 6.45) is 32.6. The molecule has 0 atom stereocenters. The average Bonchev–Trinajstić information content (AvgIpc) is 3.85. The number of esters is 2. The molecule has 0 spiro atoms. The highest BCUT2D eigenvalue weighted by molar-refractivity contribution is 5.70. The Kier molecular flexibility index (Phi) is 28.4. The van der Waals surface area contributed by atoms with Gasteiger partial charge in [0.1, 0.15) is 0 Å². The van der Waals surface area contributed by atoms with Crippen LogP contribution in [0.15, 0.2) is 0 Å². The van der Waals surface area contributed by atoms with Gasteiger partial charge in [-0.2, -0.15) is 0 Å². The van der Waals surface area contributed by atoms with Crippen molar-refractivity contribution in [2.45, 2.75) is 214 Å². The number of nitrogens with zero attached hydrogens (tertiary/aromatic N) is 1. The van der Waals surface area contributed by atoms with E-state index in [1.807, 2.05) is 0 Å². The quantitative estimate of drug-likeness (QED) is 0.0512. The summed E-state index contributed by atoms with van der Waals surface area (Å²) in [7, 11) is 0. The molecule has 50 heavy (non-hydrogen) atoms. The van der Waals surface area contributed by atoms with Crippen LogP contribution in [-0.2, 0) is 19.1 Å². The number of hydrogen-bond donors (Lipinski definition) is 1. The van der Waals surface area contributed by atoms with E-state index in [9.17, 15) is 14.7 Å². The Morgan fingerprint density at radius 1 is 0.660 bits per heavy atom. The first-order valence-corrected chi connectivity index (χ1v) is 21.8. The molecule has 0 heterocycles. The average molecular weight is 708 g/mol. The molecule has 1 rings (SSSR count). The van der Waals surface area contributed by atoms with Crippen molar-refractivity contribution in [3.63, 3.8) is 0 Å². The fraction of sp³-hybridized carbons (Fsp3) is 0.955. The first-order chi connectivity index (χ1) is 24.2. The predicted molar refractivity (Wildman–Crippen MR) is 211 cm³/mol. The smallest absolute Gasteiger partial charge is 0.306 e. The molecule has 0 unspecified atom stereocenters. The van der Waals surface area contributed by atoms with Crippen molar-refractivity contribution in [1.82, 2.24) is 4.90 Å². The van der Waals surface area contributed by atoms with Crippen LogP contribution in [0.2, 0.25) is 0 Å². The van der Waals surface area contributed by atoms with Gasteiger partial charge in [0.2, 0.25) is 0 Å². The summed E-state index contributed by atoms with van der Waals surface area (Å²) in [6, 6.07) is 0. The summed E-state index contributed by atoms with van der Waals surface area (Å²) in [5.41, 5.74) is 0.231. The highest BCUT2D eigenvalue weighted by atomic mass is 16.5. The summed E-state index contributed by atoms with van der Waals surface area (Å²) in [5.74, 6) is 0.840. The van der Waals surface area contributed by atoms with Crippen LogP contribution in [0.1, 0.15) is 214 Å². The molecule has 6 nitrogen and oxygen atoms in total. The van der Waals surface area contributed by atoms with Crippen LogP contribution < -0.4 is 0 Å². The first-order valence-electron chi connectivity index (χ1n) is 21.8. The Labute approximate surface area is 311 Å². The maximum Gasteiger partial charge on any atom is 0.306 e. The van der Waals surface area contributed by atoms with Crippen LogP contribution in [0.4, 0.5) is 0 Å². The summed E-state index contributed by atoms with van der Waals surface area (Å²) in [6.45, 7) is 15.3. The molecule has 296 valence electrons. The van der Waals surface area contributed by atoms with Crippen LogP contribution in [0.25, 0.3) is 0 Å². The molecule has 1 saturated carbocycles. The Bertz CT molecular complexity index is 802. The van der Waals surface area contributed by atoms with E-state index in [0.29, 0.717) is 26.1 Å². The fourth-order valence-electron chi connectivity index (χ4n) is 7.44. The summed E-state index contributed by atoms with van der Waals surface area (Å²) in [4.78, 5) is 27.2. The third kappa shape index (κ3) is 26.6. The van der Waals surface area contributed by atoms with Crippen molar-refractivity contribution in [3.8, 4) is 0 Å². The molecule has 0 aromatic carbocycles. The van der Waals surface area contributed by atoms with Crippen LogP contribution in [0, 0.1) is 16.7 Å². The molecule has 6 heteroatoms. The number of aliphatic hydroxyl groups excluding tert-OH is 1. The molecule has 1 aliphatic carbocycles. The zero-order chi connectivity index (χ0) is 36.8. The molecule has 0 saturated heterocycles. The molecule has 0 radical (unpaired) electrons. The predicted octanol–water partition coefficient (Wildman–Crippen LogP) is 12.0. The van der Waals surface area contributed by atoms with Gasteiger partial charge >= 0.3 is 11.9 Å². The maximum absolute atomic E-state index is 12.6. The van der Waals surface area contributed by atoms with Crippen molar-refractivity contribution in [1.29, 1.82) is 0 Å². The Morgan fingerprint density at radius 2 is 1.24 bits per heavy atom. The minimum Gasteiger partial charge on any atom is -0.466 e. The van der Waals surface area contributed by atoms with Crippen molar-refractivity contribution in [3.05, 3.63) is 0 Å². The van der Waals surface area contributed by atoms with E-state index in [1.165, 1.54) is 109 Å². The molecular weight excluding hydrogens is 622 g/mol. The van der Waals surface area contributed by atoms with Crippen molar-refractivity contribution in [2.75, 3.05) is 39.5 Å². The van der Waals surface area contributed by atoms with E-state index in [4.69, 9.17) is 9.47 Å². The van der Waals surface area contributed by atoms with Crippen molar-refractivity contribution < 1.29 is 24.2 Å². The molecule has 0 aromatic heterocycles. The normalized spacial score (nSPS) is 14.1. The van der Waals surface area contributed by atoms with E-state index in [1.54, 1.807) is 0 Å². The number of carbonyl (C=O) groups excluding carboxylic acids is 2. The molecule has 1 aliphatic rings. The minimum absolute atomic E-state index is 0.0154. The van der Waals surface area contributed by atoms with Gasteiger partial charge in [-0.05, 0) is 87.6 Å². The van der Waals surface area contributed by atoms with E-state index in [2.05, 4.69) is 39.5 Å². The standard InChI is InChI=1S/C44H85NO5/c1-6-9-12-13-14-15-18-28-41(47)50-39-43(4,5)29-20-16-22-33-45(35-36-46)34-23-17-21-30-44(31-32-44)38-42(48)49-37-24-19-27-40(25-10-7-2)26-11-8-3/h40,46H,6-39H2,1-5H3. The van der Waals surface area contributed by atoms with E-state index >= 15 is 0 Å². The zero-order valence-electron chi connectivity index (χ0n) is 34.1. The van der Waals surface area contributed by atoms with Crippen LogP contribution in [-0.4, -0.2) is 61.4 Å². The van der Waals surface area contributed by atoms with Crippen LogP contribution in [0.5, 0.6) is 0 Å². The molecule has 0 amide bonds. The van der Waals surface area contributed by atoms with Gasteiger partial charge < -0.3 is 19.5 Å². The van der Waals surface area contributed by atoms with Crippen LogP contribution >= 0.6 is 0 Å². The third-order valence-electron chi connectivity index (χ3n) is 11.2. The number of rotatable bonds is 37. The molecule has 0 aromatic rings. The summed E-state index contributed by atoms with van der Waals surface area (Å²) >= 11 is 0. The van der Waals surface area contributed by atoms with E-state index in [-0.39, 0.29) is 29.4 Å². The Hall–Kier alpha value is -1.14. The fourth-order valence-corrected chi connectivity index (χ4v) is 7.44. The molecule has 0 bridgehead atoms.